The van der Waals surface area contributed by atoms with Gasteiger partial charge < -0.3 is 5.32 Å². The summed E-state index contributed by atoms with van der Waals surface area (Å²) in [5.41, 5.74) is 2.41. The van der Waals surface area contributed by atoms with Gasteiger partial charge in [0.25, 0.3) is 5.56 Å². The number of amides is 1. The third-order valence-electron chi connectivity index (χ3n) is 5.67. The molecule has 0 aliphatic heterocycles. The molecule has 172 valence electrons. The summed E-state index contributed by atoms with van der Waals surface area (Å²) in [6.07, 6.45) is 4.43. The normalized spacial score (nSPS) is 12.3. The molecular formula is C25H29N5O2S. The summed E-state index contributed by atoms with van der Waals surface area (Å²) in [7, 11) is 0. The maximum Gasteiger partial charge on any atom is 0.267 e. The number of thioether (sulfide) groups is 1. The molecule has 2 heterocycles. The van der Waals surface area contributed by atoms with Crippen molar-refractivity contribution in [3.05, 3.63) is 64.4 Å². The minimum absolute atomic E-state index is 0.0306. The largest absolute Gasteiger partial charge is 0.353 e. The van der Waals surface area contributed by atoms with E-state index in [4.69, 9.17) is 0 Å². The molecule has 4 aromatic rings. The number of benzene rings is 2. The number of hydrogen-bond acceptors (Lipinski definition) is 5. The Morgan fingerprint density at radius 1 is 1.09 bits per heavy atom. The Morgan fingerprint density at radius 3 is 2.61 bits per heavy atom. The lowest BCUT2D eigenvalue weighted by molar-refractivity contribution is -0.119. The van der Waals surface area contributed by atoms with Crippen LogP contribution in [0, 0.1) is 6.92 Å². The van der Waals surface area contributed by atoms with E-state index >= 15 is 0 Å². The second-order valence-corrected chi connectivity index (χ2v) is 9.31. The standard InChI is InChI=1S/C25H29N5O2S/c1-4-5-6-9-18(3)26-22(31)16-33-25-28-27-24-29(19-14-12-17(2)13-15-19)23(32)20-10-7-8-11-21(20)30(24)25/h7-8,10-15,18H,4-6,9,16H2,1-3H3,(H,26,31). The van der Waals surface area contributed by atoms with Crippen LogP contribution in [0.1, 0.15) is 45.1 Å². The van der Waals surface area contributed by atoms with Crippen LogP contribution >= 0.6 is 11.8 Å². The predicted octanol–water partition coefficient (Wildman–Crippen LogP) is 4.52. The number of aromatic nitrogens is 4. The molecule has 0 saturated heterocycles. The molecule has 0 spiro atoms. The number of para-hydroxylation sites is 1. The van der Waals surface area contributed by atoms with Gasteiger partial charge in [0.05, 0.1) is 22.3 Å². The molecule has 1 unspecified atom stereocenters. The quantitative estimate of drug-likeness (QED) is 0.292. The number of hydrogen-bond donors (Lipinski definition) is 1. The molecule has 0 aliphatic rings. The van der Waals surface area contributed by atoms with Crippen molar-refractivity contribution in [1.82, 2.24) is 24.5 Å². The number of aryl methyl sites for hydroxylation is 1. The van der Waals surface area contributed by atoms with Crippen LogP contribution in [0.2, 0.25) is 0 Å². The Balaban J connectivity index is 1.66. The summed E-state index contributed by atoms with van der Waals surface area (Å²) >= 11 is 1.32. The number of fused-ring (bicyclic) bond motifs is 3. The summed E-state index contributed by atoms with van der Waals surface area (Å²) in [6.45, 7) is 6.22. The van der Waals surface area contributed by atoms with E-state index in [0.29, 0.717) is 16.3 Å². The first-order chi connectivity index (χ1) is 16.0. The Kier molecular flexibility index (Phi) is 7.13. The Morgan fingerprint density at radius 2 is 1.85 bits per heavy atom. The molecule has 33 heavy (non-hydrogen) atoms. The Labute approximate surface area is 197 Å². The van der Waals surface area contributed by atoms with E-state index in [1.807, 2.05) is 60.7 Å². The van der Waals surface area contributed by atoms with Gasteiger partial charge in [0.1, 0.15) is 0 Å². The zero-order valence-corrected chi connectivity index (χ0v) is 20.1. The summed E-state index contributed by atoms with van der Waals surface area (Å²) in [5, 5.41) is 12.9. The first kappa shape index (κ1) is 23.0. The van der Waals surface area contributed by atoms with E-state index in [0.717, 1.165) is 36.0 Å². The average Bonchev–Trinajstić information content (AvgIpc) is 3.23. The second kappa shape index (κ2) is 10.2. The molecule has 0 aliphatic carbocycles. The highest BCUT2D eigenvalue weighted by molar-refractivity contribution is 7.99. The molecular weight excluding hydrogens is 434 g/mol. The van der Waals surface area contributed by atoms with E-state index in [-0.39, 0.29) is 23.3 Å². The Hall–Kier alpha value is -3.13. The van der Waals surface area contributed by atoms with Crippen molar-refractivity contribution in [3.63, 3.8) is 0 Å². The van der Waals surface area contributed by atoms with Crippen molar-refractivity contribution in [2.24, 2.45) is 0 Å². The van der Waals surface area contributed by atoms with Gasteiger partial charge in [0.2, 0.25) is 11.7 Å². The molecule has 0 saturated carbocycles. The van der Waals surface area contributed by atoms with Gasteiger partial charge in [0, 0.05) is 6.04 Å². The molecule has 2 aromatic heterocycles. The van der Waals surface area contributed by atoms with Crippen LogP contribution in [0.25, 0.3) is 22.4 Å². The van der Waals surface area contributed by atoms with E-state index in [1.54, 1.807) is 10.6 Å². The fraction of sp³-hybridized carbons (Fsp3) is 0.360. The number of carbonyl (C=O) groups excluding carboxylic acids is 1. The minimum atomic E-state index is -0.149. The van der Waals surface area contributed by atoms with Crippen LogP contribution < -0.4 is 10.9 Å². The molecule has 0 bridgehead atoms. The van der Waals surface area contributed by atoms with Gasteiger partial charge in [-0.3, -0.25) is 14.0 Å². The molecule has 0 radical (unpaired) electrons. The number of nitrogens with one attached hydrogen (secondary N) is 1. The van der Waals surface area contributed by atoms with E-state index in [1.165, 1.54) is 18.2 Å². The van der Waals surface area contributed by atoms with Crippen molar-refractivity contribution in [2.45, 2.75) is 57.7 Å². The summed E-state index contributed by atoms with van der Waals surface area (Å²) in [5.74, 6) is 0.631. The zero-order valence-electron chi connectivity index (χ0n) is 19.2. The van der Waals surface area contributed by atoms with Gasteiger partial charge in [-0.1, -0.05) is 67.8 Å². The summed E-state index contributed by atoms with van der Waals surface area (Å²) in [6, 6.07) is 15.3. The second-order valence-electron chi connectivity index (χ2n) is 8.36. The highest BCUT2D eigenvalue weighted by Gasteiger charge is 2.19. The topological polar surface area (TPSA) is 81.3 Å². The van der Waals surface area contributed by atoms with Gasteiger partial charge in [-0.2, -0.15) is 0 Å². The lowest BCUT2D eigenvalue weighted by Gasteiger charge is -2.13. The third kappa shape index (κ3) is 4.95. The number of carbonyl (C=O) groups is 1. The third-order valence-corrected chi connectivity index (χ3v) is 6.60. The molecule has 8 heteroatoms. The van der Waals surface area contributed by atoms with E-state index in [9.17, 15) is 9.59 Å². The SMILES string of the molecule is CCCCCC(C)NC(=O)CSc1nnc2n(-c3ccc(C)cc3)c(=O)c3ccccc3n12. The van der Waals surface area contributed by atoms with Crippen LogP contribution in [0.5, 0.6) is 0 Å². The van der Waals surface area contributed by atoms with Gasteiger partial charge in [-0.05, 0) is 44.5 Å². The van der Waals surface area contributed by atoms with Gasteiger partial charge >= 0.3 is 0 Å². The zero-order chi connectivity index (χ0) is 23.4. The summed E-state index contributed by atoms with van der Waals surface area (Å²) in [4.78, 5) is 25.9. The molecule has 2 aromatic carbocycles. The van der Waals surface area contributed by atoms with Crippen molar-refractivity contribution in [1.29, 1.82) is 0 Å². The van der Waals surface area contributed by atoms with Crippen molar-refractivity contribution >= 4 is 34.3 Å². The molecule has 7 nitrogen and oxygen atoms in total. The van der Waals surface area contributed by atoms with Crippen LogP contribution in [0.4, 0.5) is 0 Å². The Bertz CT molecular complexity index is 1330. The lowest BCUT2D eigenvalue weighted by Crippen LogP contribution is -2.33. The number of nitrogens with zero attached hydrogens (tertiary/aromatic N) is 4. The predicted molar refractivity (Wildman–Crippen MR) is 133 cm³/mol. The first-order valence-electron chi connectivity index (χ1n) is 11.4. The van der Waals surface area contributed by atoms with Crippen LogP contribution in [-0.4, -0.2) is 36.9 Å². The first-order valence-corrected chi connectivity index (χ1v) is 12.4. The van der Waals surface area contributed by atoms with Crippen LogP contribution in [-0.2, 0) is 4.79 Å². The summed E-state index contributed by atoms with van der Waals surface area (Å²) < 4.78 is 3.44. The van der Waals surface area contributed by atoms with Gasteiger partial charge in [-0.25, -0.2) is 4.57 Å². The van der Waals surface area contributed by atoms with Gasteiger partial charge in [-0.15, -0.1) is 10.2 Å². The average molecular weight is 464 g/mol. The molecule has 1 amide bonds. The smallest absolute Gasteiger partial charge is 0.267 e. The molecule has 4 rings (SSSR count). The monoisotopic (exact) mass is 463 g/mol. The minimum Gasteiger partial charge on any atom is -0.353 e. The lowest BCUT2D eigenvalue weighted by atomic mass is 10.1. The molecule has 1 N–H and O–H groups in total. The molecule has 1 atom stereocenters. The fourth-order valence-electron chi connectivity index (χ4n) is 3.92. The molecule has 0 fully saturated rings. The number of rotatable bonds is 9. The maximum atomic E-state index is 13.3. The highest BCUT2D eigenvalue weighted by Crippen LogP contribution is 2.23. The van der Waals surface area contributed by atoms with Crippen LogP contribution in [0.3, 0.4) is 0 Å². The van der Waals surface area contributed by atoms with E-state index < -0.39 is 0 Å². The van der Waals surface area contributed by atoms with Crippen molar-refractivity contribution < 1.29 is 4.79 Å². The van der Waals surface area contributed by atoms with Crippen molar-refractivity contribution in [2.75, 3.05) is 5.75 Å². The van der Waals surface area contributed by atoms with Gasteiger partial charge in [0.15, 0.2) is 5.16 Å². The maximum absolute atomic E-state index is 13.3. The van der Waals surface area contributed by atoms with E-state index in [2.05, 4.69) is 22.4 Å². The van der Waals surface area contributed by atoms with Crippen LogP contribution in [0.15, 0.2) is 58.5 Å². The highest BCUT2D eigenvalue weighted by atomic mass is 32.2. The van der Waals surface area contributed by atoms with Crippen molar-refractivity contribution in [3.8, 4) is 5.69 Å². The number of unbranched alkanes of at least 4 members (excludes halogenated alkanes) is 2. The fourth-order valence-corrected chi connectivity index (χ4v) is 4.67.